The maximum absolute atomic E-state index is 14.7. The lowest BCUT2D eigenvalue weighted by atomic mass is 9.96. The summed E-state index contributed by atoms with van der Waals surface area (Å²) in [7, 11) is 1.59. The summed E-state index contributed by atoms with van der Waals surface area (Å²) in [5, 5.41) is 3.67. The van der Waals surface area contributed by atoms with Crippen LogP contribution in [0, 0.1) is 5.82 Å². The normalized spacial score (nSPS) is 14.5. The number of thiophene rings is 1. The van der Waals surface area contributed by atoms with Crippen LogP contribution < -0.4 is 4.74 Å². The van der Waals surface area contributed by atoms with Crippen LogP contribution in [0.25, 0.3) is 37.5 Å². The van der Waals surface area contributed by atoms with Crippen molar-refractivity contribution in [3.05, 3.63) is 93.7 Å². The summed E-state index contributed by atoms with van der Waals surface area (Å²) in [4.78, 5) is 40.8. The Hall–Kier alpha value is -4.85. The van der Waals surface area contributed by atoms with Gasteiger partial charge in [-0.1, -0.05) is 36.4 Å². The maximum atomic E-state index is 14.7. The van der Waals surface area contributed by atoms with E-state index in [1.807, 2.05) is 62.6 Å². The molecule has 2 amide bonds. The zero-order chi connectivity index (χ0) is 37.1. The van der Waals surface area contributed by atoms with Gasteiger partial charge in [-0.25, -0.2) is 23.9 Å². The fraction of sp³-hybridized carbons (Fsp3) is 0.350. The topological polar surface area (TPSA) is 103 Å². The molecule has 0 radical (unpaired) electrons. The Morgan fingerprint density at radius 1 is 0.943 bits per heavy atom. The first-order valence-corrected chi connectivity index (χ1v) is 19.2. The van der Waals surface area contributed by atoms with Gasteiger partial charge in [0.05, 0.1) is 24.5 Å². The zero-order valence-corrected chi connectivity index (χ0v) is 31.8. The van der Waals surface area contributed by atoms with Crippen LogP contribution in [0.3, 0.4) is 0 Å². The number of amides is 2. The number of aromatic nitrogens is 2. The molecule has 3 aromatic heterocycles. The predicted molar refractivity (Wildman–Crippen MR) is 205 cm³/mol. The number of carbonyl (C=O) groups excluding carboxylic acids is 2. The van der Waals surface area contributed by atoms with Crippen molar-refractivity contribution in [2.45, 2.75) is 52.4 Å². The lowest BCUT2D eigenvalue weighted by Gasteiger charge is -2.29. The van der Waals surface area contributed by atoms with Crippen molar-refractivity contribution in [3.8, 4) is 27.6 Å². The molecule has 0 bridgehead atoms. The summed E-state index contributed by atoms with van der Waals surface area (Å²) in [6.07, 6.45) is 2.49. The summed E-state index contributed by atoms with van der Waals surface area (Å²) < 4.78 is 38.3. The predicted octanol–water partition coefficient (Wildman–Crippen LogP) is 8.97. The van der Waals surface area contributed by atoms with Crippen LogP contribution in [0.2, 0.25) is 0 Å². The van der Waals surface area contributed by atoms with Gasteiger partial charge in [0, 0.05) is 65.3 Å². The second kappa shape index (κ2) is 15.6. The Morgan fingerprint density at radius 2 is 1.75 bits per heavy atom. The van der Waals surface area contributed by atoms with Gasteiger partial charge < -0.3 is 28.7 Å². The van der Waals surface area contributed by atoms with E-state index in [-0.39, 0.29) is 25.4 Å². The van der Waals surface area contributed by atoms with Crippen LogP contribution in [0.1, 0.15) is 49.0 Å². The minimum absolute atomic E-state index is 0.211. The van der Waals surface area contributed by atoms with Gasteiger partial charge in [0.2, 0.25) is 0 Å². The molecule has 53 heavy (non-hydrogen) atoms. The van der Waals surface area contributed by atoms with Crippen molar-refractivity contribution in [1.82, 2.24) is 19.8 Å². The quantitative estimate of drug-likeness (QED) is 0.137. The number of fused-ring (bicyclic) bond motifs is 2. The molecule has 0 N–H and O–H groups in total. The highest BCUT2D eigenvalue weighted by molar-refractivity contribution is 7.18. The molecular formula is C40H41FN4O6S2. The Balaban J connectivity index is 1.27. The lowest BCUT2D eigenvalue weighted by molar-refractivity contribution is 0.0225. The number of halogens is 1. The fourth-order valence-electron chi connectivity index (χ4n) is 6.37. The molecule has 0 spiro atoms. The summed E-state index contributed by atoms with van der Waals surface area (Å²) in [5.41, 5.74) is 5.20. The average molecular weight is 757 g/mol. The van der Waals surface area contributed by atoms with Gasteiger partial charge in [0.25, 0.3) is 0 Å². The number of thiazole rings is 1. The third-order valence-electron chi connectivity index (χ3n) is 8.93. The number of pyridine rings is 1. The molecule has 276 valence electrons. The number of methoxy groups -OCH3 is 1. The first kappa shape index (κ1) is 36.5. The largest absolute Gasteiger partial charge is 0.490 e. The van der Waals surface area contributed by atoms with Gasteiger partial charge in [-0.05, 0) is 61.9 Å². The standard InChI is InChI=1S/C40H41FN4O6S2/c1-40(2,3)51-39(47)45-18-14-30-32(23-45)53-37(42-30)35-33(28-11-10-27(41)22-31(28)49-20-19-48-4)36-29(15-21-52-36)34(43-35)26-12-16-44(17-13-26)38(46)50-24-25-8-6-5-7-9-25/h5-12,15,21-22H,13-14,16-20,23-24H2,1-4H3. The van der Waals surface area contributed by atoms with Gasteiger partial charge in [-0.3, -0.25) is 0 Å². The molecule has 2 aliphatic rings. The molecule has 0 atom stereocenters. The molecule has 7 rings (SSSR count). The number of hydrogen-bond donors (Lipinski definition) is 0. The molecule has 5 aromatic rings. The number of ether oxygens (including phenoxy) is 4. The smallest absolute Gasteiger partial charge is 0.410 e. The van der Waals surface area contributed by atoms with Crippen LogP contribution in [0.15, 0.2) is 66.1 Å². The number of nitrogens with zero attached hydrogens (tertiary/aromatic N) is 4. The molecule has 0 saturated heterocycles. The van der Waals surface area contributed by atoms with Gasteiger partial charge in [0.15, 0.2) is 0 Å². The van der Waals surface area contributed by atoms with E-state index < -0.39 is 11.4 Å². The highest BCUT2D eigenvalue weighted by Crippen LogP contribution is 2.47. The van der Waals surface area contributed by atoms with Crippen molar-refractivity contribution in [3.63, 3.8) is 0 Å². The number of benzene rings is 2. The van der Waals surface area contributed by atoms with Gasteiger partial charge in [0.1, 0.15) is 41.1 Å². The molecule has 0 unspecified atom stereocenters. The summed E-state index contributed by atoms with van der Waals surface area (Å²) in [6, 6.07) is 16.2. The monoisotopic (exact) mass is 756 g/mol. The highest BCUT2D eigenvalue weighted by atomic mass is 32.1. The van der Waals surface area contributed by atoms with Crippen molar-refractivity contribution < 1.29 is 32.9 Å². The third-order valence-corrected chi connectivity index (χ3v) is 10.9. The molecule has 0 saturated carbocycles. The average Bonchev–Trinajstić information content (AvgIpc) is 3.81. The van der Waals surface area contributed by atoms with Crippen molar-refractivity contribution in [2.75, 3.05) is 40.0 Å². The van der Waals surface area contributed by atoms with Crippen LogP contribution in [-0.4, -0.2) is 77.5 Å². The van der Waals surface area contributed by atoms with Gasteiger partial charge in [-0.15, -0.1) is 22.7 Å². The molecule has 10 nitrogen and oxygen atoms in total. The van der Waals surface area contributed by atoms with Crippen LogP contribution >= 0.6 is 22.7 Å². The number of hydrogen-bond acceptors (Lipinski definition) is 10. The SMILES string of the molecule is COCCOc1cc(F)ccc1-c1c(-c2nc3c(s2)CN(C(=O)OC(C)(C)C)CC3)nc(C2=CCN(C(=O)OCc3ccccc3)CC2)c2ccsc12. The molecule has 2 aromatic carbocycles. The van der Waals surface area contributed by atoms with Crippen LogP contribution in [-0.2, 0) is 33.8 Å². The summed E-state index contributed by atoms with van der Waals surface area (Å²) in [6.45, 7) is 8.10. The Kier molecular flexibility index (Phi) is 10.8. The molecule has 0 aliphatic carbocycles. The van der Waals surface area contributed by atoms with Crippen LogP contribution in [0.4, 0.5) is 14.0 Å². The Labute approximate surface area is 315 Å². The van der Waals surface area contributed by atoms with E-state index in [2.05, 4.69) is 6.07 Å². The van der Waals surface area contributed by atoms with Gasteiger partial charge in [-0.2, -0.15) is 0 Å². The van der Waals surface area contributed by atoms with Crippen LogP contribution in [0.5, 0.6) is 5.75 Å². The minimum Gasteiger partial charge on any atom is -0.490 e. The van der Waals surface area contributed by atoms with Crippen molar-refractivity contribution in [1.29, 1.82) is 0 Å². The summed E-state index contributed by atoms with van der Waals surface area (Å²) in [5.74, 6) is -0.0348. The Morgan fingerprint density at radius 3 is 2.51 bits per heavy atom. The second-order valence-electron chi connectivity index (χ2n) is 13.8. The summed E-state index contributed by atoms with van der Waals surface area (Å²) >= 11 is 3.07. The highest BCUT2D eigenvalue weighted by Gasteiger charge is 2.31. The van der Waals surface area contributed by atoms with Gasteiger partial charge >= 0.3 is 12.2 Å². The molecule has 0 fully saturated rings. The van der Waals surface area contributed by atoms with E-state index in [4.69, 9.17) is 28.9 Å². The first-order chi connectivity index (χ1) is 25.6. The Bertz CT molecular complexity index is 2160. The minimum atomic E-state index is -0.604. The van der Waals surface area contributed by atoms with E-state index in [0.29, 0.717) is 67.6 Å². The maximum Gasteiger partial charge on any atom is 0.410 e. The fourth-order valence-corrected chi connectivity index (χ4v) is 8.45. The molecule has 5 heterocycles. The van der Waals surface area contributed by atoms with E-state index in [1.165, 1.54) is 23.5 Å². The third kappa shape index (κ3) is 8.22. The molecule has 13 heteroatoms. The number of carbonyl (C=O) groups is 2. The van der Waals surface area contributed by atoms with E-state index in [9.17, 15) is 14.0 Å². The second-order valence-corrected chi connectivity index (χ2v) is 15.8. The van der Waals surface area contributed by atoms with Crippen molar-refractivity contribution >= 4 is 50.5 Å². The van der Waals surface area contributed by atoms with Crippen molar-refractivity contribution in [2.24, 2.45) is 0 Å². The first-order valence-electron chi connectivity index (χ1n) is 17.5. The molecular weight excluding hydrogens is 716 g/mol. The number of rotatable bonds is 9. The lowest BCUT2D eigenvalue weighted by Crippen LogP contribution is -2.39. The van der Waals surface area contributed by atoms with E-state index in [0.717, 1.165) is 43.1 Å². The molecule has 2 aliphatic heterocycles. The van der Waals surface area contributed by atoms with E-state index >= 15 is 0 Å². The van der Waals surface area contributed by atoms with E-state index in [1.54, 1.807) is 34.3 Å². The zero-order valence-electron chi connectivity index (χ0n) is 30.1.